The molecule has 2 fully saturated rings. The summed E-state index contributed by atoms with van der Waals surface area (Å²) in [4.78, 5) is 0. The van der Waals surface area contributed by atoms with Crippen molar-refractivity contribution in [3.63, 3.8) is 0 Å². The highest BCUT2D eigenvalue weighted by Gasteiger charge is 2.41. The van der Waals surface area contributed by atoms with Crippen molar-refractivity contribution < 1.29 is 27.9 Å². The van der Waals surface area contributed by atoms with Gasteiger partial charge in [0.1, 0.15) is 6.10 Å². The van der Waals surface area contributed by atoms with Crippen LogP contribution in [0.1, 0.15) is 57.4 Å². The lowest BCUT2D eigenvalue weighted by molar-refractivity contribution is -0.164. The Labute approximate surface area is 151 Å². The summed E-state index contributed by atoms with van der Waals surface area (Å²) in [7, 11) is 0. The zero-order valence-electron chi connectivity index (χ0n) is 15.0. The number of piperidine rings is 1. The molecule has 146 valence electrons. The van der Waals surface area contributed by atoms with E-state index in [1.807, 2.05) is 0 Å². The minimum Gasteiger partial charge on any atom is -0.490 e. The van der Waals surface area contributed by atoms with E-state index in [1.54, 1.807) is 0 Å². The summed E-state index contributed by atoms with van der Waals surface area (Å²) in [5, 5.41) is 11.4. The van der Waals surface area contributed by atoms with Crippen molar-refractivity contribution in [1.82, 2.24) is 5.06 Å². The highest BCUT2D eigenvalue weighted by atomic mass is 19.4. The highest BCUT2D eigenvalue weighted by molar-refractivity contribution is 5.44. The van der Waals surface area contributed by atoms with Crippen LogP contribution in [0.5, 0.6) is 11.5 Å². The monoisotopic (exact) mass is 373 g/mol. The second kappa shape index (κ2) is 8.05. The van der Waals surface area contributed by atoms with E-state index in [1.165, 1.54) is 11.1 Å². The van der Waals surface area contributed by atoms with Crippen LogP contribution in [0.4, 0.5) is 13.2 Å². The van der Waals surface area contributed by atoms with Crippen molar-refractivity contribution in [3.8, 4) is 11.5 Å². The number of fused-ring (bicyclic) bond motifs is 2. The molecule has 2 aliphatic heterocycles. The van der Waals surface area contributed by atoms with Gasteiger partial charge in [-0.2, -0.15) is 18.2 Å². The van der Waals surface area contributed by atoms with E-state index >= 15 is 0 Å². The summed E-state index contributed by atoms with van der Waals surface area (Å²) in [6.07, 6.45) is 1.42. The first-order valence-corrected chi connectivity index (χ1v) is 9.36. The predicted octanol–water partition coefficient (Wildman–Crippen LogP) is 5.04. The van der Waals surface area contributed by atoms with Crippen molar-refractivity contribution in [1.29, 1.82) is 0 Å². The maximum Gasteiger partial charge on any atom is 0.416 e. The van der Waals surface area contributed by atoms with Crippen molar-refractivity contribution in [2.24, 2.45) is 0 Å². The molecule has 2 bridgehead atoms. The van der Waals surface area contributed by atoms with E-state index in [4.69, 9.17) is 9.47 Å². The number of rotatable bonds is 7. The molecule has 3 rings (SSSR count). The van der Waals surface area contributed by atoms with E-state index < -0.39 is 11.7 Å². The number of nitrogens with zero attached hydrogens (tertiary/aromatic N) is 1. The van der Waals surface area contributed by atoms with Crippen LogP contribution in [0.25, 0.3) is 0 Å². The molecule has 0 saturated carbocycles. The number of halogens is 3. The molecule has 0 aromatic heterocycles. The lowest BCUT2D eigenvalue weighted by Gasteiger charge is -2.34. The van der Waals surface area contributed by atoms with Gasteiger partial charge in [0, 0.05) is 24.9 Å². The van der Waals surface area contributed by atoms with Crippen LogP contribution in [0.3, 0.4) is 0 Å². The molecule has 1 N–H and O–H groups in total. The van der Waals surface area contributed by atoms with Crippen molar-refractivity contribution in [2.45, 2.75) is 76.2 Å². The largest absolute Gasteiger partial charge is 0.490 e. The smallest absolute Gasteiger partial charge is 0.416 e. The third kappa shape index (κ3) is 4.43. The van der Waals surface area contributed by atoms with Crippen LogP contribution in [0.15, 0.2) is 18.2 Å². The molecule has 2 saturated heterocycles. The summed E-state index contributed by atoms with van der Waals surface area (Å²) in [5.74, 6) is 0.500. The van der Waals surface area contributed by atoms with Crippen LogP contribution in [0, 0.1) is 0 Å². The normalized spacial score (nSPS) is 26.1. The Kier molecular flexibility index (Phi) is 5.97. The number of hydroxylamine groups is 2. The number of benzene rings is 1. The summed E-state index contributed by atoms with van der Waals surface area (Å²) in [5.41, 5.74) is -0.736. The molecule has 0 unspecified atom stereocenters. The summed E-state index contributed by atoms with van der Waals surface area (Å²) in [6, 6.07) is 3.55. The van der Waals surface area contributed by atoms with E-state index in [0.717, 1.165) is 44.2 Å². The Morgan fingerprint density at radius 1 is 1.12 bits per heavy atom. The topological polar surface area (TPSA) is 41.9 Å². The molecule has 1 aromatic carbocycles. The molecule has 1 aromatic rings. The number of alkyl halides is 3. The summed E-state index contributed by atoms with van der Waals surface area (Å²) >= 11 is 0. The second-order valence-electron chi connectivity index (χ2n) is 7.19. The maximum atomic E-state index is 13.0. The van der Waals surface area contributed by atoms with Crippen LogP contribution < -0.4 is 9.47 Å². The minimum absolute atomic E-state index is 0.0714. The van der Waals surface area contributed by atoms with Gasteiger partial charge in [0.25, 0.3) is 0 Å². The Morgan fingerprint density at radius 2 is 1.81 bits per heavy atom. The fourth-order valence-corrected chi connectivity index (χ4v) is 3.81. The Balaban J connectivity index is 1.72. The number of hydrogen-bond acceptors (Lipinski definition) is 4. The zero-order chi connectivity index (χ0) is 18.7. The third-order valence-corrected chi connectivity index (χ3v) is 5.22. The van der Waals surface area contributed by atoms with Gasteiger partial charge in [-0.1, -0.05) is 19.8 Å². The van der Waals surface area contributed by atoms with Crippen LogP contribution in [0.2, 0.25) is 0 Å². The Morgan fingerprint density at radius 3 is 2.42 bits per heavy atom. The lowest BCUT2D eigenvalue weighted by atomic mass is 10.0. The summed E-state index contributed by atoms with van der Waals surface area (Å²) < 4.78 is 50.7. The average molecular weight is 373 g/mol. The van der Waals surface area contributed by atoms with E-state index in [9.17, 15) is 18.4 Å². The average Bonchev–Trinajstić information content (AvgIpc) is 2.81. The van der Waals surface area contributed by atoms with E-state index in [2.05, 4.69) is 6.92 Å². The predicted molar refractivity (Wildman–Crippen MR) is 90.5 cm³/mol. The maximum absolute atomic E-state index is 13.0. The first-order chi connectivity index (χ1) is 12.4. The van der Waals surface area contributed by atoms with Crippen LogP contribution in [-0.4, -0.2) is 35.1 Å². The van der Waals surface area contributed by atoms with Gasteiger partial charge in [0.15, 0.2) is 11.5 Å². The number of ether oxygens (including phenoxy) is 2. The van der Waals surface area contributed by atoms with Crippen LogP contribution in [-0.2, 0) is 6.18 Å². The Bertz CT molecular complexity index is 594. The van der Waals surface area contributed by atoms with E-state index in [-0.39, 0.29) is 23.9 Å². The molecular weight excluding hydrogens is 347 g/mol. The fraction of sp³-hybridized carbons (Fsp3) is 0.684. The molecular formula is C19H26F3NO3. The van der Waals surface area contributed by atoms with Crippen LogP contribution >= 0.6 is 0 Å². The van der Waals surface area contributed by atoms with Crippen molar-refractivity contribution in [3.05, 3.63) is 23.8 Å². The number of unbranched alkanes of at least 4 members (excludes halogenated alkanes) is 2. The van der Waals surface area contributed by atoms with Crippen molar-refractivity contribution in [2.75, 3.05) is 6.61 Å². The molecule has 4 nitrogen and oxygen atoms in total. The van der Waals surface area contributed by atoms with Gasteiger partial charge in [0.2, 0.25) is 0 Å². The molecule has 0 spiro atoms. The number of hydrogen-bond donors (Lipinski definition) is 1. The molecule has 2 atom stereocenters. The van der Waals surface area contributed by atoms with Gasteiger partial charge in [-0.05, 0) is 37.5 Å². The van der Waals surface area contributed by atoms with Gasteiger partial charge in [-0.15, -0.1) is 0 Å². The van der Waals surface area contributed by atoms with Gasteiger partial charge in [-0.25, -0.2) is 0 Å². The standard InChI is InChI=1S/C19H26F3NO3/c1-2-3-4-9-25-18-10-13(19(20,21)22)5-8-17(18)26-16-11-14-6-7-15(12-16)23(14)24/h5,8,10,14-16,24H,2-4,6-7,9,11-12H2,1H3/t14-,15-/m1/s1. The lowest BCUT2D eigenvalue weighted by Crippen LogP contribution is -2.44. The Hall–Kier alpha value is -1.47. The molecule has 0 radical (unpaired) electrons. The first-order valence-electron chi connectivity index (χ1n) is 9.36. The first kappa shape index (κ1) is 19.3. The fourth-order valence-electron chi connectivity index (χ4n) is 3.81. The molecule has 2 heterocycles. The molecule has 2 aliphatic rings. The quantitative estimate of drug-likeness (QED) is 0.680. The third-order valence-electron chi connectivity index (χ3n) is 5.22. The second-order valence-corrected chi connectivity index (χ2v) is 7.19. The zero-order valence-corrected chi connectivity index (χ0v) is 15.0. The minimum atomic E-state index is -4.42. The molecule has 0 aliphatic carbocycles. The van der Waals surface area contributed by atoms with Gasteiger partial charge in [0.05, 0.1) is 12.2 Å². The summed E-state index contributed by atoms with van der Waals surface area (Å²) in [6.45, 7) is 2.42. The van der Waals surface area contributed by atoms with Gasteiger partial charge >= 0.3 is 6.18 Å². The molecule has 7 heteroatoms. The van der Waals surface area contributed by atoms with Crippen molar-refractivity contribution >= 4 is 0 Å². The van der Waals surface area contributed by atoms with Gasteiger partial charge < -0.3 is 14.7 Å². The molecule has 0 amide bonds. The van der Waals surface area contributed by atoms with Gasteiger partial charge in [-0.3, -0.25) is 0 Å². The van der Waals surface area contributed by atoms with E-state index in [0.29, 0.717) is 25.2 Å². The highest BCUT2D eigenvalue weighted by Crippen LogP contribution is 2.40. The molecule has 26 heavy (non-hydrogen) atoms. The SMILES string of the molecule is CCCCCOc1cc(C(F)(F)F)ccc1OC1C[C@H]2CC[C@H](C1)N2O.